The summed E-state index contributed by atoms with van der Waals surface area (Å²) in [6.45, 7) is 7.24. The van der Waals surface area contributed by atoms with Gasteiger partial charge < -0.3 is 15.2 Å². The van der Waals surface area contributed by atoms with Gasteiger partial charge in [0.1, 0.15) is 18.5 Å². The second-order valence-corrected chi connectivity index (χ2v) is 6.58. The molecule has 0 aromatic heterocycles. The number of nitrogens with one attached hydrogen (secondary N) is 1. The molecule has 3 nitrogen and oxygen atoms in total. The molecule has 2 N–H and O–H groups in total. The molecule has 0 aliphatic heterocycles. The summed E-state index contributed by atoms with van der Waals surface area (Å²) in [6.07, 6.45) is 2.75. The maximum Gasteiger partial charge on any atom is 0.119 e. The van der Waals surface area contributed by atoms with Gasteiger partial charge in [0.25, 0.3) is 0 Å². The van der Waals surface area contributed by atoms with Gasteiger partial charge in [-0.05, 0) is 48.6 Å². The van der Waals surface area contributed by atoms with Crippen molar-refractivity contribution in [1.29, 1.82) is 0 Å². The van der Waals surface area contributed by atoms with E-state index in [-0.39, 0.29) is 18.4 Å². The van der Waals surface area contributed by atoms with Gasteiger partial charge in [-0.1, -0.05) is 56.7 Å². The van der Waals surface area contributed by atoms with Gasteiger partial charge in [0, 0.05) is 12.6 Å². The normalized spacial score (nSPS) is 12.9. The number of aryl methyl sites for hydroxylation is 2. The first kappa shape index (κ1) is 22.5. The van der Waals surface area contributed by atoms with Gasteiger partial charge in [-0.15, -0.1) is 12.4 Å². The van der Waals surface area contributed by atoms with Gasteiger partial charge in [-0.2, -0.15) is 0 Å². The zero-order chi connectivity index (χ0) is 18.1. The summed E-state index contributed by atoms with van der Waals surface area (Å²) in [7, 11) is 0. The lowest BCUT2D eigenvalue weighted by Gasteiger charge is -2.18. The van der Waals surface area contributed by atoms with Crippen LogP contribution in [0.1, 0.15) is 49.9 Å². The van der Waals surface area contributed by atoms with Crippen molar-refractivity contribution in [2.24, 2.45) is 0 Å². The molecule has 4 heteroatoms. The van der Waals surface area contributed by atoms with Crippen molar-refractivity contribution in [1.82, 2.24) is 5.32 Å². The van der Waals surface area contributed by atoms with Gasteiger partial charge in [0.15, 0.2) is 0 Å². The standard InChI is InChI=1S/C22H31NO2.ClH/c1-4-6-19-9-13-22(14-10-19)25-16-21(24)15-23-17(3)20-11-7-18(5-2)8-12-20;/h7-14,17,21,23-24H,4-6,15-16H2,1-3H3;1H. The highest BCUT2D eigenvalue weighted by atomic mass is 35.5. The van der Waals surface area contributed by atoms with Gasteiger partial charge in [-0.3, -0.25) is 0 Å². The first-order chi connectivity index (χ1) is 12.1. The van der Waals surface area contributed by atoms with E-state index in [1.165, 1.54) is 16.7 Å². The molecule has 2 atom stereocenters. The van der Waals surface area contributed by atoms with E-state index in [1.807, 2.05) is 12.1 Å². The van der Waals surface area contributed by atoms with Crippen LogP contribution < -0.4 is 10.1 Å². The Bertz CT molecular complexity index is 613. The monoisotopic (exact) mass is 377 g/mol. The Balaban J connectivity index is 0.00000338. The first-order valence-corrected chi connectivity index (χ1v) is 9.34. The van der Waals surface area contributed by atoms with E-state index in [1.54, 1.807) is 0 Å². The van der Waals surface area contributed by atoms with E-state index in [9.17, 15) is 5.11 Å². The summed E-state index contributed by atoms with van der Waals surface area (Å²) in [5, 5.41) is 13.5. The Morgan fingerprint density at radius 1 is 0.962 bits per heavy atom. The van der Waals surface area contributed by atoms with E-state index < -0.39 is 6.10 Å². The van der Waals surface area contributed by atoms with Crippen molar-refractivity contribution in [2.75, 3.05) is 13.2 Å². The topological polar surface area (TPSA) is 41.5 Å². The maximum absolute atomic E-state index is 10.1. The lowest BCUT2D eigenvalue weighted by atomic mass is 10.0. The lowest BCUT2D eigenvalue weighted by molar-refractivity contribution is 0.104. The van der Waals surface area contributed by atoms with Gasteiger partial charge in [-0.25, -0.2) is 0 Å². The fraction of sp³-hybridized carbons (Fsp3) is 0.455. The minimum atomic E-state index is -0.535. The van der Waals surface area contributed by atoms with E-state index in [0.717, 1.165) is 25.0 Å². The molecule has 0 amide bonds. The van der Waals surface area contributed by atoms with Gasteiger partial charge >= 0.3 is 0 Å². The van der Waals surface area contributed by atoms with Crippen LogP contribution in [0.4, 0.5) is 0 Å². The number of aliphatic hydroxyl groups excluding tert-OH is 1. The molecular formula is C22H32ClNO2. The van der Waals surface area contributed by atoms with Crippen LogP contribution >= 0.6 is 12.4 Å². The molecule has 0 aliphatic carbocycles. The van der Waals surface area contributed by atoms with Crippen LogP contribution in [0.2, 0.25) is 0 Å². The third-order valence-electron chi connectivity index (χ3n) is 4.45. The van der Waals surface area contributed by atoms with E-state index in [2.05, 4.69) is 62.5 Å². The third-order valence-corrected chi connectivity index (χ3v) is 4.45. The van der Waals surface area contributed by atoms with Crippen molar-refractivity contribution < 1.29 is 9.84 Å². The molecule has 26 heavy (non-hydrogen) atoms. The summed E-state index contributed by atoms with van der Waals surface area (Å²) in [5.41, 5.74) is 3.89. The highest BCUT2D eigenvalue weighted by Gasteiger charge is 2.09. The van der Waals surface area contributed by atoms with E-state index in [4.69, 9.17) is 4.74 Å². The van der Waals surface area contributed by atoms with Crippen LogP contribution in [0.15, 0.2) is 48.5 Å². The van der Waals surface area contributed by atoms with Crippen LogP contribution in [0.3, 0.4) is 0 Å². The van der Waals surface area contributed by atoms with Crippen molar-refractivity contribution >= 4 is 12.4 Å². The quantitative estimate of drug-likeness (QED) is 0.629. The lowest BCUT2D eigenvalue weighted by Crippen LogP contribution is -2.33. The molecule has 0 radical (unpaired) electrons. The molecule has 0 fully saturated rings. The predicted octanol–water partition coefficient (Wildman–Crippen LogP) is 4.71. The van der Waals surface area contributed by atoms with Gasteiger partial charge in [0.05, 0.1) is 0 Å². The van der Waals surface area contributed by atoms with Gasteiger partial charge in [0.2, 0.25) is 0 Å². The number of halogens is 1. The second-order valence-electron chi connectivity index (χ2n) is 6.58. The van der Waals surface area contributed by atoms with E-state index >= 15 is 0 Å². The fourth-order valence-corrected chi connectivity index (χ4v) is 2.77. The smallest absolute Gasteiger partial charge is 0.119 e. The molecule has 0 saturated heterocycles. The van der Waals surface area contributed by atoms with Crippen molar-refractivity contribution in [2.45, 2.75) is 52.2 Å². The number of hydrogen-bond acceptors (Lipinski definition) is 3. The van der Waals surface area contributed by atoms with Crippen LogP contribution in [0.25, 0.3) is 0 Å². The Morgan fingerprint density at radius 3 is 2.15 bits per heavy atom. The van der Waals surface area contributed by atoms with Crippen LogP contribution in [0, 0.1) is 0 Å². The summed E-state index contributed by atoms with van der Waals surface area (Å²) in [5.74, 6) is 0.808. The molecule has 2 aromatic carbocycles. The molecular weight excluding hydrogens is 346 g/mol. The van der Waals surface area contributed by atoms with Crippen LogP contribution in [-0.2, 0) is 12.8 Å². The molecule has 0 aliphatic rings. The molecule has 0 heterocycles. The average molecular weight is 378 g/mol. The molecule has 2 aromatic rings. The minimum Gasteiger partial charge on any atom is -0.491 e. The molecule has 2 rings (SSSR count). The van der Waals surface area contributed by atoms with E-state index in [0.29, 0.717) is 13.2 Å². The highest BCUT2D eigenvalue weighted by molar-refractivity contribution is 5.85. The highest BCUT2D eigenvalue weighted by Crippen LogP contribution is 2.15. The molecule has 2 unspecified atom stereocenters. The first-order valence-electron chi connectivity index (χ1n) is 9.34. The Labute approximate surface area is 164 Å². The summed E-state index contributed by atoms with van der Waals surface area (Å²) >= 11 is 0. The molecule has 0 bridgehead atoms. The average Bonchev–Trinajstić information content (AvgIpc) is 2.66. The number of aliphatic hydroxyl groups is 1. The zero-order valence-corrected chi connectivity index (χ0v) is 16.9. The Hall–Kier alpha value is -1.55. The van der Waals surface area contributed by atoms with Crippen molar-refractivity contribution in [3.63, 3.8) is 0 Å². The van der Waals surface area contributed by atoms with Crippen molar-refractivity contribution in [3.8, 4) is 5.75 Å². The second kappa shape index (κ2) is 11.9. The largest absolute Gasteiger partial charge is 0.491 e. The predicted molar refractivity (Wildman–Crippen MR) is 111 cm³/mol. The summed E-state index contributed by atoms with van der Waals surface area (Å²) < 4.78 is 5.68. The fourth-order valence-electron chi connectivity index (χ4n) is 2.77. The third kappa shape index (κ3) is 7.36. The minimum absolute atomic E-state index is 0. The molecule has 144 valence electrons. The molecule has 0 spiro atoms. The number of rotatable bonds is 10. The number of ether oxygens (including phenoxy) is 1. The number of hydrogen-bond donors (Lipinski definition) is 2. The summed E-state index contributed by atoms with van der Waals surface area (Å²) in [6, 6.07) is 17.0. The zero-order valence-electron chi connectivity index (χ0n) is 16.1. The van der Waals surface area contributed by atoms with Crippen molar-refractivity contribution in [3.05, 3.63) is 65.2 Å². The van der Waals surface area contributed by atoms with Crippen LogP contribution in [-0.4, -0.2) is 24.4 Å². The van der Waals surface area contributed by atoms with Crippen LogP contribution in [0.5, 0.6) is 5.75 Å². The number of benzene rings is 2. The Morgan fingerprint density at radius 2 is 1.58 bits per heavy atom. The molecule has 0 saturated carbocycles. The SMILES string of the molecule is CCCc1ccc(OCC(O)CNC(C)c2ccc(CC)cc2)cc1.Cl. The maximum atomic E-state index is 10.1. The Kier molecular flexibility index (Phi) is 10.3. The summed E-state index contributed by atoms with van der Waals surface area (Å²) in [4.78, 5) is 0.